The summed E-state index contributed by atoms with van der Waals surface area (Å²) in [5, 5.41) is 0. The van der Waals surface area contributed by atoms with Crippen LogP contribution in [0.3, 0.4) is 0 Å². The van der Waals surface area contributed by atoms with Gasteiger partial charge in [-0.15, -0.1) is 0 Å². The van der Waals surface area contributed by atoms with Crippen molar-refractivity contribution >= 4 is 29.9 Å². The van der Waals surface area contributed by atoms with Crippen molar-refractivity contribution in [1.82, 2.24) is 9.97 Å². The van der Waals surface area contributed by atoms with Gasteiger partial charge in [0.05, 0.1) is 0 Å². The van der Waals surface area contributed by atoms with Crippen LogP contribution in [-0.2, 0) is 14.3 Å². The van der Waals surface area contributed by atoms with Crippen molar-refractivity contribution in [1.29, 1.82) is 0 Å². The van der Waals surface area contributed by atoms with E-state index in [0.717, 1.165) is 22.3 Å². The summed E-state index contributed by atoms with van der Waals surface area (Å²) >= 11 is 0. The second kappa shape index (κ2) is 9.87. The predicted octanol–water partition coefficient (Wildman–Crippen LogP) is 5.78. The molecule has 2 heterocycles. The number of nitrogens with one attached hydrogen (secondary N) is 2. The summed E-state index contributed by atoms with van der Waals surface area (Å²) in [6.45, 7) is 18.3. The Morgan fingerprint density at radius 2 is 0.941 bits per heavy atom. The van der Waals surface area contributed by atoms with Gasteiger partial charge in [-0.1, -0.05) is 0 Å². The molecule has 0 aliphatic heterocycles. The summed E-state index contributed by atoms with van der Waals surface area (Å²) in [6, 6.07) is 0. The van der Waals surface area contributed by atoms with E-state index in [9.17, 15) is 14.4 Å². The Morgan fingerprint density at radius 3 is 1.24 bits per heavy atom. The molecule has 0 fully saturated rings. The van der Waals surface area contributed by atoms with E-state index in [2.05, 4.69) is 9.97 Å². The number of H-pyrrole nitrogens is 2. The van der Waals surface area contributed by atoms with E-state index in [1.807, 2.05) is 69.2 Å². The number of carbonyl (C=O) groups is 3. The van der Waals surface area contributed by atoms with Crippen molar-refractivity contribution in [2.75, 3.05) is 0 Å². The van der Waals surface area contributed by atoms with E-state index in [-0.39, 0.29) is 5.78 Å². The van der Waals surface area contributed by atoms with Crippen LogP contribution in [0.5, 0.6) is 0 Å². The molecule has 2 aromatic heterocycles. The summed E-state index contributed by atoms with van der Waals surface area (Å²) in [5.74, 6) is -1.11. The average Bonchev–Trinajstić information content (AvgIpc) is 3.13. The molecule has 184 valence electrons. The SMILES string of the molecule is Cc1c(/C=C/C(=O)/C=C/c2[nH]c(C(=O)OC(C)(C)C)c(C)c2C)[nH]c(C(=O)OC(C)(C)C)c1C. The zero-order valence-electron chi connectivity index (χ0n) is 21.9. The van der Waals surface area contributed by atoms with Crippen LogP contribution >= 0.6 is 0 Å². The van der Waals surface area contributed by atoms with Crippen molar-refractivity contribution in [2.24, 2.45) is 0 Å². The molecule has 0 atom stereocenters. The zero-order valence-corrected chi connectivity index (χ0v) is 21.9. The molecule has 7 heteroatoms. The van der Waals surface area contributed by atoms with Gasteiger partial charge < -0.3 is 19.4 Å². The third kappa shape index (κ3) is 6.83. The highest BCUT2D eigenvalue weighted by molar-refractivity contribution is 6.04. The summed E-state index contributed by atoms with van der Waals surface area (Å²) in [6.07, 6.45) is 6.13. The Bertz CT molecular complexity index is 1070. The minimum Gasteiger partial charge on any atom is -0.455 e. The number of carbonyl (C=O) groups excluding carboxylic acids is 3. The van der Waals surface area contributed by atoms with Crippen LogP contribution in [0, 0.1) is 27.7 Å². The van der Waals surface area contributed by atoms with E-state index >= 15 is 0 Å². The van der Waals surface area contributed by atoms with Gasteiger partial charge in [-0.3, -0.25) is 4.79 Å². The maximum Gasteiger partial charge on any atom is 0.355 e. The van der Waals surface area contributed by atoms with Gasteiger partial charge in [0, 0.05) is 11.4 Å². The Morgan fingerprint density at radius 1 is 0.618 bits per heavy atom. The molecule has 0 radical (unpaired) electrons. The first-order chi connectivity index (χ1) is 15.5. The second-order valence-electron chi connectivity index (χ2n) is 10.4. The Kier molecular flexibility index (Phi) is 7.81. The van der Waals surface area contributed by atoms with E-state index in [1.54, 1.807) is 12.2 Å². The quantitative estimate of drug-likeness (QED) is 0.413. The Hall–Kier alpha value is -3.35. The molecule has 0 bridgehead atoms. The molecule has 0 saturated carbocycles. The van der Waals surface area contributed by atoms with E-state index in [4.69, 9.17) is 9.47 Å². The van der Waals surface area contributed by atoms with Crippen molar-refractivity contribution in [3.63, 3.8) is 0 Å². The maximum atomic E-state index is 12.5. The predicted molar refractivity (Wildman–Crippen MR) is 134 cm³/mol. The first-order valence-corrected chi connectivity index (χ1v) is 11.3. The minimum absolute atomic E-state index is 0.240. The molecule has 2 N–H and O–H groups in total. The van der Waals surface area contributed by atoms with Crippen LogP contribution in [-0.4, -0.2) is 38.9 Å². The highest BCUT2D eigenvalue weighted by Crippen LogP contribution is 2.23. The molecule has 0 spiro atoms. The maximum absolute atomic E-state index is 12.5. The second-order valence-corrected chi connectivity index (χ2v) is 10.4. The molecule has 7 nitrogen and oxygen atoms in total. The Labute approximate surface area is 201 Å². The normalized spacial score (nSPS) is 12.5. The molecule has 0 aliphatic carbocycles. The molecular formula is C27H36N2O5. The fourth-order valence-corrected chi connectivity index (χ4v) is 3.21. The summed E-state index contributed by atoms with van der Waals surface area (Å²) in [4.78, 5) is 43.4. The molecule has 2 rings (SSSR count). The number of aromatic amines is 2. The van der Waals surface area contributed by atoms with Gasteiger partial charge in [-0.05, 0) is 116 Å². The molecule has 34 heavy (non-hydrogen) atoms. The van der Waals surface area contributed by atoms with E-state index in [0.29, 0.717) is 22.8 Å². The van der Waals surface area contributed by atoms with Gasteiger partial charge in [-0.25, -0.2) is 9.59 Å². The summed E-state index contributed by atoms with van der Waals surface area (Å²) < 4.78 is 10.9. The third-order valence-electron chi connectivity index (χ3n) is 5.24. The van der Waals surface area contributed by atoms with Crippen molar-refractivity contribution in [2.45, 2.75) is 80.4 Å². The smallest absolute Gasteiger partial charge is 0.355 e. The fraction of sp³-hybridized carbons (Fsp3) is 0.444. The third-order valence-corrected chi connectivity index (χ3v) is 5.24. The van der Waals surface area contributed by atoms with Crippen molar-refractivity contribution < 1.29 is 23.9 Å². The van der Waals surface area contributed by atoms with Gasteiger partial charge in [0.1, 0.15) is 22.6 Å². The zero-order chi connectivity index (χ0) is 26.0. The summed E-state index contributed by atoms with van der Waals surface area (Å²) in [7, 11) is 0. The molecule has 0 aromatic carbocycles. The summed E-state index contributed by atoms with van der Waals surface area (Å²) in [5.41, 5.74) is 4.18. The number of ketones is 1. The molecule has 0 saturated heterocycles. The van der Waals surface area contributed by atoms with Gasteiger partial charge in [-0.2, -0.15) is 0 Å². The van der Waals surface area contributed by atoms with Crippen LogP contribution in [0.4, 0.5) is 0 Å². The van der Waals surface area contributed by atoms with Crippen LogP contribution in [0.1, 0.15) is 96.2 Å². The first-order valence-electron chi connectivity index (χ1n) is 11.3. The first kappa shape index (κ1) is 26.9. The molecule has 0 aliphatic rings. The highest BCUT2D eigenvalue weighted by atomic mass is 16.6. The van der Waals surface area contributed by atoms with Crippen LogP contribution < -0.4 is 0 Å². The van der Waals surface area contributed by atoms with E-state index < -0.39 is 23.1 Å². The van der Waals surface area contributed by atoms with Gasteiger partial charge in [0.15, 0.2) is 5.78 Å². The number of esters is 2. The number of allylic oxidation sites excluding steroid dienone is 2. The molecular weight excluding hydrogens is 432 g/mol. The number of hydrogen-bond donors (Lipinski definition) is 2. The lowest BCUT2D eigenvalue weighted by Crippen LogP contribution is -2.24. The van der Waals surface area contributed by atoms with Gasteiger partial charge >= 0.3 is 11.9 Å². The van der Waals surface area contributed by atoms with Crippen molar-refractivity contribution in [3.8, 4) is 0 Å². The Balaban J connectivity index is 2.18. The largest absolute Gasteiger partial charge is 0.455 e. The molecule has 2 aromatic rings. The minimum atomic E-state index is -0.600. The lowest BCUT2D eigenvalue weighted by molar-refractivity contribution is -0.110. The topological polar surface area (TPSA) is 101 Å². The van der Waals surface area contributed by atoms with Crippen LogP contribution in [0.25, 0.3) is 12.2 Å². The molecule has 0 amide bonds. The lowest BCUT2D eigenvalue weighted by Gasteiger charge is -2.19. The van der Waals surface area contributed by atoms with Crippen LogP contribution in [0.2, 0.25) is 0 Å². The number of aromatic nitrogens is 2. The number of rotatable bonds is 6. The van der Waals surface area contributed by atoms with Crippen molar-refractivity contribution in [3.05, 3.63) is 57.2 Å². The standard InChI is InChI=1S/C27H36N2O5/c1-15-17(3)22(24(31)33-26(5,6)7)28-20(15)13-11-19(30)12-14-21-16(2)18(4)23(29-21)25(32)34-27(8,9)10/h11-14,28-29H,1-10H3/b13-11+,14-12+. The number of hydrogen-bond acceptors (Lipinski definition) is 5. The average molecular weight is 469 g/mol. The highest BCUT2D eigenvalue weighted by Gasteiger charge is 2.23. The van der Waals surface area contributed by atoms with Crippen LogP contribution in [0.15, 0.2) is 12.2 Å². The van der Waals surface area contributed by atoms with Gasteiger partial charge in [0.2, 0.25) is 0 Å². The lowest BCUT2D eigenvalue weighted by atomic mass is 10.1. The number of ether oxygens (including phenoxy) is 2. The fourth-order valence-electron chi connectivity index (χ4n) is 3.21. The molecule has 0 unspecified atom stereocenters. The monoisotopic (exact) mass is 468 g/mol. The van der Waals surface area contributed by atoms with Gasteiger partial charge in [0.25, 0.3) is 0 Å². The van der Waals surface area contributed by atoms with E-state index in [1.165, 1.54) is 12.2 Å².